The Morgan fingerprint density at radius 2 is 1.74 bits per heavy atom. The van der Waals surface area contributed by atoms with Gasteiger partial charge in [0.2, 0.25) is 21.8 Å². The zero-order valence-electron chi connectivity index (χ0n) is 22.3. The molecule has 1 atom stereocenters. The van der Waals surface area contributed by atoms with E-state index in [9.17, 15) is 18.0 Å². The second-order valence-electron chi connectivity index (χ2n) is 9.69. The smallest absolute Gasteiger partial charge is 0.242 e. The first-order valence-electron chi connectivity index (χ1n) is 12.6. The molecule has 0 bridgehead atoms. The molecule has 1 N–H and O–H groups in total. The minimum Gasteiger partial charge on any atom is -0.486 e. The molecule has 0 radical (unpaired) electrons. The Balaban J connectivity index is 1.73. The van der Waals surface area contributed by atoms with Gasteiger partial charge in [0.15, 0.2) is 11.5 Å². The highest BCUT2D eigenvalue weighted by molar-refractivity contribution is 7.92. The van der Waals surface area contributed by atoms with Crippen LogP contribution in [0.5, 0.6) is 11.5 Å². The van der Waals surface area contributed by atoms with Crippen molar-refractivity contribution in [3.05, 3.63) is 53.1 Å². The molecule has 2 aromatic carbocycles. The third-order valence-corrected chi connectivity index (χ3v) is 7.68. The number of fused-ring (bicyclic) bond motifs is 1. The van der Waals surface area contributed by atoms with Crippen LogP contribution in [0.2, 0.25) is 5.02 Å². The van der Waals surface area contributed by atoms with Gasteiger partial charge in [-0.2, -0.15) is 0 Å². The highest BCUT2D eigenvalue weighted by atomic mass is 35.5. The fraction of sp³-hybridized carbons (Fsp3) is 0.481. The van der Waals surface area contributed by atoms with Crippen molar-refractivity contribution in [1.29, 1.82) is 0 Å². The largest absolute Gasteiger partial charge is 0.486 e. The summed E-state index contributed by atoms with van der Waals surface area (Å²) < 4.78 is 37.6. The van der Waals surface area contributed by atoms with Crippen LogP contribution in [-0.2, 0) is 26.2 Å². The number of nitrogens with one attached hydrogen (secondary N) is 1. The number of carbonyl (C=O) groups is 2. The minimum absolute atomic E-state index is 0.0445. The lowest BCUT2D eigenvalue weighted by atomic mass is 10.1. The van der Waals surface area contributed by atoms with Gasteiger partial charge in [-0.05, 0) is 43.0 Å². The third-order valence-electron chi connectivity index (χ3n) is 6.12. The summed E-state index contributed by atoms with van der Waals surface area (Å²) >= 11 is 6.34. The Hall–Kier alpha value is -2.98. The second kappa shape index (κ2) is 13.2. The number of sulfonamides is 1. The molecule has 0 aromatic heterocycles. The Labute approximate surface area is 230 Å². The van der Waals surface area contributed by atoms with Gasteiger partial charge < -0.3 is 19.7 Å². The second-order valence-corrected chi connectivity index (χ2v) is 12.0. The molecule has 3 rings (SSSR count). The molecular weight excluding hydrogens is 530 g/mol. The highest BCUT2D eigenvalue weighted by Gasteiger charge is 2.27. The van der Waals surface area contributed by atoms with E-state index in [4.69, 9.17) is 21.1 Å². The molecule has 11 heteroatoms. The fourth-order valence-electron chi connectivity index (χ4n) is 4.04. The summed E-state index contributed by atoms with van der Waals surface area (Å²) in [6, 6.07) is 11.4. The maximum atomic E-state index is 13.4. The molecule has 0 spiro atoms. The van der Waals surface area contributed by atoms with Gasteiger partial charge in [-0.1, -0.05) is 43.6 Å². The summed E-state index contributed by atoms with van der Waals surface area (Å²) in [5.41, 5.74) is 1.15. The average Bonchev–Trinajstić information content (AvgIpc) is 2.87. The van der Waals surface area contributed by atoms with E-state index in [0.29, 0.717) is 42.0 Å². The number of amides is 2. The van der Waals surface area contributed by atoms with Gasteiger partial charge in [-0.3, -0.25) is 13.9 Å². The molecule has 1 aliphatic rings. The number of carbonyl (C=O) groups excluding carboxylic acids is 2. The van der Waals surface area contributed by atoms with Gasteiger partial charge >= 0.3 is 0 Å². The predicted octanol–water partition coefficient (Wildman–Crippen LogP) is 3.85. The van der Waals surface area contributed by atoms with Crippen LogP contribution in [0.15, 0.2) is 42.5 Å². The number of benzene rings is 2. The molecule has 1 heterocycles. The van der Waals surface area contributed by atoms with Gasteiger partial charge in [0, 0.05) is 37.1 Å². The number of ether oxygens (including phenoxy) is 2. The lowest BCUT2D eigenvalue weighted by Crippen LogP contribution is -2.48. The van der Waals surface area contributed by atoms with Crippen molar-refractivity contribution >= 4 is 39.1 Å². The van der Waals surface area contributed by atoms with Crippen molar-refractivity contribution in [2.45, 2.75) is 46.2 Å². The van der Waals surface area contributed by atoms with Crippen molar-refractivity contribution < 1.29 is 27.5 Å². The maximum absolute atomic E-state index is 13.4. The molecule has 0 fully saturated rings. The highest BCUT2D eigenvalue weighted by Crippen LogP contribution is 2.34. The van der Waals surface area contributed by atoms with Crippen LogP contribution in [-0.4, -0.2) is 63.7 Å². The molecule has 0 saturated carbocycles. The standard InChI is InChI=1S/C27H36ClN3O6S/c1-19(2)17-29-27(33)20(3)30(18-21-8-5-6-9-23(21)28)26(32)10-7-13-31(38(4,34)35)22-11-12-24-25(16-22)37-15-14-36-24/h5-6,8-9,11-12,16,19-20H,7,10,13-15,17-18H2,1-4H3,(H,29,33). The van der Waals surface area contributed by atoms with Crippen LogP contribution < -0.4 is 19.1 Å². The predicted molar refractivity (Wildman–Crippen MR) is 148 cm³/mol. The van der Waals surface area contributed by atoms with E-state index in [-0.39, 0.29) is 43.7 Å². The summed E-state index contributed by atoms with van der Waals surface area (Å²) in [4.78, 5) is 27.7. The minimum atomic E-state index is -3.63. The summed E-state index contributed by atoms with van der Waals surface area (Å²) in [6.45, 7) is 7.22. The first kappa shape index (κ1) is 29.6. The topological polar surface area (TPSA) is 105 Å². The average molecular weight is 566 g/mol. The summed E-state index contributed by atoms with van der Waals surface area (Å²) in [7, 11) is -3.63. The van der Waals surface area contributed by atoms with E-state index >= 15 is 0 Å². The van der Waals surface area contributed by atoms with Gasteiger partial charge in [0.1, 0.15) is 19.3 Å². The molecule has 0 saturated heterocycles. The van der Waals surface area contributed by atoms with Crippen molar-refractivity contribution in [1.82, 2.24) is 10.2 Å². The van der Waals surface area contributed by atoms with E-state index in [0.717, 1.165) is 11.8 Å². The molecule has 38 heavy (non-hydrogen) atoms. The number of rotatable bonds is 12. The van der Waals surface area contributed by atoms with E-state index in [1.54, 1.807) is 37.3 Å². The van der Waals surface area contributed by atoms with E-state index in [2.05, 4.69) is 5.32 Å². The van der Waals surface area contributed by atoms with Crippen LogP contribution in [0.3, 0.4) is 0 Å². The summed E-state index contributed by atoms with van der Waals surface area (Å²) in [5, 5.41) is 3.38. The Morgan fingerprint density at radius 1 is 1.05 bits per heavy atom. The van der Waals surface area contributed by atoms with Crippen LogP contribution in [0, 0.1) is 5.92 Å². The molecule has 0 aliphatic carbocycles. The van der Waals surface area contributed by atoms with E-state index in [1.807, 2.05) is 26.0 Å². The van der Waals surface area contributed by atoms with Crippen LogP contribution in [0.4, 0.5) is 5.69 Å². The number of nitrogens with zero attached hydrogens (tertiary/aromatic N) is 2. The van der Waals surface area contributed by atoms with Crippen molar-refractivity contribution in [3.63, 3.8) is 0 Å². The summed E-state index contributed by atoms with van der Waals surface area (Å²) in [5.74, 6) is 0.775. The zero-order chi connectivity index (χ0) is 27.9. The molecule has 9 nitrogen and oxygen atoms in total. The Bertz CT molecular complexity index is 1240. The maximum Gasteiger partial charge on any atom is 0.242 e. The van der Waals surface area contributed by atoms with E-state index in [1.165, 1.54) is 9.21 Å². The molecule has 1 unspecified atom stereocenters. The van der Waals surface area contributed by atoms with Crippen molar-refractivity contribution in [2.24, 2.45) is 5.92 Å². The lowest BCUT2D eigenvalue weighted by Gasteiger charge is -2.30. The van der Waals surface area contributed by atoms with E-state index < -0.39 is 16.1 Å². The van der Waals surface area contributed by atoms with Crippen molar-refractivity contribution in [3.8, 4) is 11.5 Å². The quantitative estimate of drug-likeness (QED) is 0.419. The van der Waals surface area contributed by atoms with Gasteiger partial charge in [-0.15, -0.1) is 0 Å². The van der Waals surface area contributed by atoms with Crippen LogP contribution in [0.25, 0.3) is 0 Å². The lowest BCUT2D eigenvalue weighted by molar-refractivity contribution is -0.140. The molecule has 2 aromatic rings. The molecule has 1 aliphatic heterocycles. The number of hydrogen-bond donors (Lipinski definition) is 1. The van der Waals surface area contributed by atoms with Crippen LogP contribution in [0.1, 0.15) is 39.2 Å². The summed E-state index contributed by atoms with van der Waals surface area (Å²) in [6.07, 6.45) is 1.42. The number of anilines is 1. The first-order chi connectivity index (χ1) is 18.0. The van der Waals surface area contributed by atoms with Crippen molar-refractivity contribution in [2.75, 3.05) is 36.9 Å². The SMILES string of the molecule is CC(C)CNC(=O)C(C)N(Cc1ccccc1Cl)C(=O)CCCN(c1ccc2c(c1)OCCO2)S(C)(=O)=O. The third kappa shape index (κ3) is 8.01. The van der Waals surface area contributed by atoms with Crippen LogP contribution >= 0.6 is 11.6 Å². The van der Waals surface area contributed by atoms with Gasteiger partial charge in [-0.25, -0.2) is 8.42 Å². The Morgan fingerprint density at radius 3 is 2.39 bits per heavy atom. The van der Waals surface area contributed by atoms with Gasteiger partial charge in [0.05, 0.1) is 11.9 Å². The normalized spacial score (nSPS) is 13.6. The first-order valence-corrected chi connectivity index (χ1v) is 14.9. The number of halogens is 1. The molecule has 208 valence electrons. The van der Waals surface area contributed by atoms with Gasteiger partial charge in [0.25, 0.3) is 0 Å². The Kier molecular flexibility index (Phi) is 10.3. The number of hydrogen-bond acceptors (Lipinski definition) is 6. The monoisotopic (exact) mass is 565 g/mol. The molecular formula is C27H36ClN3O6S. The fourth-order valence-corrected chi connectivity index (χ4v) is 5.19. The zero-order valence-corrected chi connectivity index (χ0v) is 23.8. The molecule has 2 amide bonds.